The summed E-state index contributed by atoms with van der Waals surface area (Å²) in [6.45, 7) is 9.79. The van der Waals surface area contributed by atoms with Gasteiger partial charge in [-0.1, -0.05) is 52.0 Å². The maximum absolute atomic E-state index is 13.4. The third kappa shape index (κ3) is 6.22. The minimum absolute atomic E-state index is 0.0264. The molecule has 6 heteroatoms. The predicted octanol–water partition coefficient (Wildman–Crippen LogP) is 7.06. The molecule has 1 aliphatic rings. The number of hydrogen-bond acceptors (Lipinski definition) is 5. The monoisotopic (exact) mass is 540 g/mol. The highest BCUT2D eigenvalue weighted by atomic mass is 16.4. The lowest BCUT2D eigenvalue weighted by Gasteiger charge is -2.43. The Morgan fingerprint density at radius 3 is 2.25 bits per heavy atom. The van der Waals surface area contributed by atoms with Gasteiger partial charge in [0.15, 0.2) is 5.78 Å². The number of hydrogen-bond donors (Lipinski definition) is 3. The van der Waals surface area contributed by atoms with Crippen molar-refractivity contribution in [3.63, 3.8) is 0 Å². The summed E-state index contributed by atoms with van der Waals surface area (Å²) in [4.78, 5) is 26.7. The quantitative estimate of drug-likeness (QED) is 0.199. The molecular formula is C34H40N2O4. The summed E-state index contributed by atoms with van der Waals surface area (Å²) in [5, 5.41) is 22.8. The molecule has 0 spiro atoms. The predicted molar refractivity (Wildman–Crippen MR) is 163 cm³/mol. The van der Waals surface area contributed by atoms with Crippen LogP contribution in [0.1, 0.15) is 83.5 Å². The maximum atomic E-state index is 13.4. The maximum Gasteiger partial charge on any atom is 0.339 e. The number of aromatic carboxylic acids is 1. The van der Waals surface area contributed by atoms with Crippen molar-refractivity contribution in [3.05, 3.63) is 94.1 Å². The Hall–Kier alpha value is -4.06. The molecule has 0 saturated carbocycles. The number of aromatic hydroxyl groups is 1. The highest BCUT2D eigenvalue weighted by Gasteiger charge is 2.39. The van der Waals surface area contributed by atoms with Crippen LogP contribution in [0.4, 0.5) is 11.4 Å². The summed E-state index contributed by atoms with van der Waals surface area (Å²) in [5.74, 6) is -1.68. The number of fused-ring (bicyclic) bond motifs is 1. The van der Waals surface area contributed by atoms with Crippen molar-refractivity contribution in [3.8, 4) is 5.75 Å². The molecule has 0 radical (unpaired) electrons. The van der Waals surface area contributed by atoms with Gasteiger partial charge in [0.1, 0.15) is 11.3 Å². The van der Waals surface area contributed by atoms with Gasteiger partial charge in [-0.3, -0.25) is 4.79 Å². The normalized spacial score (nSPS) is 15.4. The lowest BCUT2D eigenvalue weighted by atomic mass is 9.62. The Morgan fingerprint density at radius 2 is 1.62 bits per heavy atom. The number of nitrogens with one attached hydrogen (secondary N) is 1. The molecule has 0 aliphatic heterocycles. The van der Waals surface area contributed by atoms with Crippen molar-refractivity contribution in [1.82, 2.24) is 0 Å². The van der Waals surface area contributed by atoms with Crippen LogP contribution in [0.2, 0.25) is 0 Å². The standard InChI is InChI=1S/C34H40N2O4/c1-33(2)16-17-34(3,4)31-27(33)20-24(29(37)14-10-23-9-13-26(32(39)40)30(38)19-23)21-28(31)35-18-15-22-7-11-25(12-8-22)36(5)6/h7-14,19-21,35,38H,15-18H2,1-6H3,(H,39,40). The molecule has 3 aromatic rings. The van der Waals surface area contributed by atoms with Crippen LogP contribution in [0.5, 0.6) is 5.75 Å². The zero-order valence-electron chi connectivity index (χ0n) is 24.3. The van der Waals surface area contributed by atoms with Gasteiger partial charge in [-0.2, -0.15) is 0 Å². The number of rotatable bonds is 9. The van der Waals surface area contributed by atoms with Crippen LogP contribution >= 0.6 is 0 Å². The topological polar surface area (TPSA) is 89.9 Å². The summed E-state index contributed by atoms with van der Waals surface area (Å²) < 4.78 is 0. The molecule has 4 rings (SSSR count). The van der Waals surface area contributed by atoms with Crippen molar-refractivity contribution >= 4 is 29.2 Å². The van der Waals surface area contributed by atoms with E-state index in [1.807, 2.05) is 26.2 Å². The highest BCUT2D eigenvalue weighted by Crippen LogP contribution is 2.49. The minimum Gasteiger partial charge on any atom is -0.507 e. The van der Waals surface area contributed by atoms with E-state index < -0.39 is 5.97 Å². The third-order valence-electron chi connectivity index (χ3n) is 8.06. The molecule has 3 N–H and O–H groups in total. The number of benzene rings is 3. The zero-order chi connectivity index (χ0) is 29.2. The number of carbonyl (C=O) groups is 2. The van der Waals surface area contributed by atoms with Crippen LogP contribution in [-0.4, -0.2) is 42.6 Å². The van der Waals surface area contributed by atoms with Crippen molar-refractivity contribution < 1.29 is 19.8 Å². The minimum atomic E-state index is -1.20. The smallest absolute Gasteiger partial charge is 0.339 e. The van der Waals surface area contributed by atoms with Crippen molar-refractivity contribution in [2.75, 3.05) is 30.9 Å². The number of anilines is 2. The average Bonchev–Trinajstić information content (AvgIpc) is 2.89. The SMILES string of the molecule is CN(C)c1ccc(CCNc2cc(C(=O)C=Cc3ccc(C(=O)O)c(O)c3)cc3c2C(C)(C)CCC3(C)C)cc1. The Kier molecular flexibility index (Phi) is 8.10. The van der Waals surface area contributed by atoms with Gasteiger partial charge in [0, 0.05) is 37.6 Å². The number of allylic oxidation sites excluding steroid dienone is 1. The van der Waals surface area contributed by atoms with E-state index >= 15 is 0 Å². The molecule has 0 aromatic heterocycles. The van der Waals surface area contributed by atoms with Crippen LogP contribution in [0.3, 0.4) is 0 Å². The first kappa shape index (κ1) is 28.9. The second-order valence-electron chi connectivity index (χ2n) is 12.2. The summed E-state index contributed by atoms with van der Waals surface area (Å²) in [7, 11) is 4.07. The molecule has 1 aliphatic carbocycles. The van der Waals surface area contributed by atoms with Gasteiger partial charge in [-0.25, -0.2) is 4.79 Å². The molecule has 0 bridgehead atoms. The number of carboxylic acids is 1. The Bertz CT molecular complexity index is 1450. The highest BCUT2D eigenvalue weighted by molar-refractivity contribution is 6.07. The number of ketones is 1. The van der Waals surface area contributed by atoms with Crippen molar-refractivity contribution in [1.29, 1.82) is 0 Å². The fraction of sp³-hybridized carbons (Fsp3) is 0.353. The van der Waals surface area contributed by atoms with Gasteiger partial charge in [0.25, 0.3) is 0 Å². The molecule has 0 unspecified atom stereocenters. The van der Waals surface area contributed by atoms with E-state index in [0.717, 1.165) is 31.5 Å². The van der Waals surface area contributed by atoms with Crippen LogP contribution in [-0.2, 0) is 17.3 Å². The van der Waals surface area contributed by atoms with Gasteiger partial charge in [0.2, 0.25) is 0 Å². The molecule has 6 nitrogen and oxygen atoms in total. The fourth-order valence-electron chi connectivity index (χ4n) is 5.47. The first-order chi connectivity index (χ1) is 18.8. The lowest BCUT2D eigenvalue weighted by Crippen LogP contribution is -2.35. The number of carbonyl (C=O) groups excluding carboxylic acids is 1. The summed E-state index contributed by atoms with van der Waals surface area (Å²) in [6.07, 6.45) is 6.05. The zero-order valence-corrected chi connectivity index (χ0v) is 24.3. The van der Waals surface area contributed by atoms with Gasteiger partial charge in [0.05, 0.1) is 0 Å². The van der Waals surface area contributed by atoms with Crippen LogP contribution in [0.15, 0.2) is 60.7 Å². The van der Waals surface area contributed by atoms with E-state index in [4.69, 9.17) is 5.11 Å². The van der Waals surface area contributed by atoms with E-state index in [2.05, 4.69) is 62.2 Å². The first-order valence-electron chi connectivity index (χ1n) is 13.8. The lowest BCUT2D eigenvalue weighted by molar-refractivity contribution is 0.0693. The molecule has 0 atom stereocenters. The van der Waals surface area contributed by atoms with Crippen LogP contribution in [0, 0.1) is 0 Å². The van der Waals surface area contributed by atoms with Gasteiger partial charge in [-0.05, 0) is 94.8 Å². The third-order valence-corrected chi connectivity index (χ3v) is 8.06. The van der Waals surface area contributed by atoms with Crippen LogP contribution in [0.25, 0.3) is 6.08 Å². The van der Waals surface area contributed by atoms with E-state index in [1.54, 1.807) is 12.1 Å². The largest absolute Gasteiger partial charge is 0.507 e. The molecule has 3 aromatic carbocycles. The van der Waals surface area contributed by atoms with E-state index in [-0.39, 0.29) is 27.9 Å². The average molecular weight is 541 g/mol. The fourth-order valence-corrected chi connectivity index (χ4v) is 5.47. The van der Waals surface area contributed by atoms with E-state index in [0.29, 0.717) is 11.1 Å². The van der Waals surface area contributed by atoms with Gasteiger partial charge < -0.3 is 20.4 Å². The van der Waals surface area contributed by atoms with Crippen LogP contribution < -0.4 is 10.2 Å². The molecule has 0 fully saturated rings. The molecule has 210 valence electrons. The summed E-state index contributed by atoms with van der Waals surface area (Å²) in [6, 6.07) is 16.8. The van der Waals surface area contributed by atoms with Gasteiger partial charge in [-0.15, -0.1) is 0 Å². The number of nitrogens with zero attached hydrogens (tertiary/aromatic N) is 1. The molecule has 40 heavy (non-hydrogen) atoms. The Morgan fingerprint density at radius 1 is 0.950 bits per heavy atom. The summed E-state index contributed by atoms with van der Waals surface area (Å²) >= 11 is 0. The summed E-state index contributed by atoms with van der Waals surface area (Å²) in [5.41, 5.74) is 6.78. The van der Waals surface area contributed by atoms with E-state index in [1.165, 1.54) is 40.6 Å². The molecule has 0 heterocycles. The first-order valence-corrected chi connectivity index (χ1v) is 13.8. The van der Waals surface area contributed by atoms with E-state index in [9.17, 15) is 14.7 Å². The second kappa shape index (κ2) is 11.2. The van der Waals surface area contributed by atoms with Crippen molar-refractivity contribution in [2.24, 2.45) is 0 Å². The number of phenols is 1. The van der Waals surface area contributed by atoms with Gasteiger partial charge >= 0.3 is 5.97 Å². The Balaban J connectivity index is 1.63. The second-order valence-corrected chi connectivity index (χ2v) is 12.2. The number of carboxylic acid groups (broad SMARTS) is 1. The molecular weight excluding hydrogens is 500 g/mol. The Labute approximate surface area is 237 Å². The molecule has 0 saturated heterocycles. The van der Waals surface area contributed by atoms with Crippen molar-refractivity contribution in [2.45, 2.75) is 57.8 Å². The molecule has 0 amide bonds.